The fourth-order valence-corrected chi connectivity index (χ4v) is 2.83. The third-order valence-electron chi connectivity index (χ3n) is 4.10. The lowest BCUT2D eigenvalue weighted by atomic mass is 9.73. The minimum absolute atomic E-state index is 0.0520. The molecule has 1 fully saturated rings. The molecule has 1 aromatic rings. The molecule has 0 bridgehead atoms. The van der Waals surface area contributed by atoms with Crippen molar-refractivity contribution in [2.45, 2.75) is 38.6 Å². The number of nitrogens with one attached hydrogen (secondary N) is 1. The van der Waals surface area contributed by atoms with E-state index in [-0.39, 0.29) is 17.9 Å². The van der Waals surface area contributed by atoms with Crippen LogP contribution in [0.2, 0.25) is 0 Å². The normalized spacial score (nSPS) is 22.2. The molecule has 0 aliphatic heterocycles. The van der Waals surface area contributed by atoms with Crippen LogP contribution in [-0.4, -0.2) is 23.0 Å². The number of carboxylic acids is 1. The first kappa shape index (κ1) is 16.0. The lowest BCUT2D eigenvalue weighted by Gasteiger charge is -2.32. The summed E-state index contributed by atoms with van der Waals surface area (Å²) in [6.45, 7) is 1.96. The highest BCUT2D eigenvalue weighted by Crippen LogP contribution is 2.34. The second-order valence-corrected chi connectivity index (χ2v) is 6.62. The van der Waals surface area contributed by atoms with Crippen LogP contribution in [0.5, 0.6) is 0 Å². The molecule has 1 aliphatic rings. The summed E-state index contributed by atoms with van der Waals surface area (Å²) in [5.74, 6) is -1.82. The van der Waals surface area contributed by atoms with Gasteiger partial charge in [-0.3, -0.25) is 9.59 Å². The molecule has 0 radical (unpaired) electrons. The van der Waals surface area contributed by atoms with Gasteiger partial charge in [0, 0.05) is 10.5 Å². The largest absolute Gasteiger partial charge is 0.481 e. The molecule has 1 aromatic carbocycles. The highest BCUT2D eigenvalue weighted by atomic mass is 79.9. The van der Waals surface area contributed by atoms with Gasteiger partial charge in [0.2, 0.25) is 5.91 Å². The highest BCUT2D eigenvalue weighted by Gasteiger charge is 2.41. The Hall–Kier alpha value is -1.36. The molecule has 0 spiro atoms. The van der Waals surface area contributed by atoms with Crippen LogP contribution >= 0.6 is 15.9 Å². The fourth-order valence-electron chi connectivity index (χ4n) is 2.57. The van der Waals surface area contributed by atoms with Crippen LogP contribution in [0, 0.1) is 11.8 Å². The fraction of sp³-hybridized carbons (Fsp3) is 0.500. The molecule has 0 heterocycles. The molecule has 1 amide bonds. The van der Waals surface area contributed by atoms with Gasteiger partial charge in [0.25, 0.3) is 0 Å². The zero-order chi connectivity index (χ0) is 15.4. The molecule has 3 unspecified atom stereocenters. The van der Waals surface area contributed by atoms with Crippen LogP contribution in [0.1, 0.15) is 31.7 Å². The summed E-state index contributed by atoms with van der Waals surface area (Å²) in [4.78, 5) is 23.0. The van der Waals surface area contributed by atoms with E-state index >= 15 is 0 Å². The molecule has 1 aliphatic carbocycles. The second-order valence-electron chi connectivity index (χ2n) is 5.70. The Morgan fingerprint density at radius 3 is 2.43 bits per heavy atom. The van der Waals surface area contributed by atoms with Crippen molar-refractivity contribution >= 4 is 27.8 Å². The van der Waals surface area contributed by atoms with Crippen molar-refractivity contribution in [3.63, 3.8) is 0 Å². The van der Waals surface area contributed by atoms with E-state index in [2.05, 4.69) is 33.4 Å². The number of carboxylic acid groups (broad SMARTS) is 1. The average molecular weight is 354 g/mol. The van der Waals surface area contributed by atoms with Gasteiger partial charge in [-0.05, 0) is 50.3 Å². The highest BCUT2D eigenvalue weighted by molar-refractivity contribution is 9.10. The first-order chi connectivity index (χ1) is 9.97. The Labute approximate surface area is 133 Å². The molecule has 4 nitrogen and oxygen atoms in total. The van der Waals surface area contributed by atoms with E-state index in [9.17, 15) is 9.59 Å². The molecule has 0 saturated heterocycles. The first-order valence-corrected chi connectivity index (χ1v) is 8.04. The third kappa shape index (κ3) is 4.30. The van der Waals surface area contributed by atoms with Gasteiger partial charge in [-0.2, -0.15) is 0 Å². The number of benzene rings is 1. The third-order valence-corrected chi connectivity index (χ3v) is 4.62. The number of carbonyl (C=O) groups excluding carboxylic acids is 1. The molecule has 1 saturated carbocycles. The summed E-state index contributed by atoms with van der Waals surface area (Å²) in [6, 6.07) is 8.18. The standard InChI is InChI=1S/C16H20BrNO3/c1-10(2-3-11-4-6-12(17)7-5-11)18-15(19)13-8-9-14(13)16(20)21/h4-7,10,13-14H,2-3,8-9H2,1H3,(H,18,19)(H,20,21). The Balaban J connectivity index is 1.76. The van der Waals surface area contributed by atoms with E-state index in [4.69, 9.17) is 5.11 Å². The Bertz CT molecular complexity index is 515. The van der Waals surface area contributed by atoms with Crippen LogP contribution in [-0.2, 0) is 16.0 Å². The van der Waals surface area contributed by atoms with Crippen molar-refractivity contribution in [2.24, 2.45) is 11.8 Å². The molecule has 5 heteroatoms. The minimum Gasteiger partial charge on any atom is -0.481 e. The minimum atomic E-state index is -0.857. The van der Waals surface area contributed by atoms with Crippen molar-refractivity contribution in [1.82, 2.24) is 5.32 Å². The number of hydrogen-bond acceptors (Lipinski definition) is 2. The van der Waals surface area contributed by atoms with Gasteiger partial charge in [0.1, 0.15) is 0 Å². The number of hydrogen-bond donors (Lipinski definition) is 2. The van der Waals surface area contributed by atoms with Gasteiger partial charge in [-0.25, -0.2) is 0 Å². The molecule has 21 heavy (non-hydrogen) atoms. The lowest BCUT2D eigenvalue weighted by molar-refractivity contribution is -0.152. The van der Waals surface area contributed by atoms with Gasteiger partial charge < -0.3 is 10.4 Å². The summed E-state index contributed by atoms with van der Waals surface area (Å²) in [7, 11) is 0. The van der Waals surface area contributed by atoms with E-state index in [1.807, 2.05) is 19.1 Å². The van der Waals surface area contributed by atoms with Crippen LogP contribution < -0.4 is 5.32 Å². The van der Waals surface area contributed by atoms with Crippen molar-refractivity contribution in [2.75, 3.05) is 0 Å². The van der Waals surface area contributed by atoms with Crippen molar-refractivity contribution in [1.29, 1.82) is 0 Å². The van der Waals surface area contributed by atoms with Crippen LogP contribution in [0.4, 0.5) is 0 Å². The van der Waals surface area contributed by atoms with E-state index in [0.717, 1.165) is 17.3 Å². The SMILES string of the molecule is CC(CCc1ccc(Br)cc1)NC(=O)C1CCC1C(=O)O. The maximum Gasteiger partial charge on any atom is 0.307 e. The smallest absolute Gasteiger partial charge is 0.307 e. The monoisotopic (exact) mass is 353 g/mol. The summed E-state index contributed by atoms with van der Waals surface area (Å²) >= 11 is 3.40. The first-order valence-electron chi connectivity index (χ1n) is 7.25. The summed E-state index contributed by atoms with van der Waals surface area (Å²) < 4.78 is 1.05. The van der Waals surface area contributed by atoms with Gasteiger partial charge in [0.15, 0.2) is 0 Å². The van der Waals surface area contributed by atoms with Gasteiger partial charge in [-0.1, -0.05) is 28.1 Å². The molecular weight excluding hydrogens is 334 g/mol. The van der Waals surface area contributed by atoms with E-state index < -0.39 is 11.9 Å². The Morgan fingerprint density at radius 2 is 1.90 bits per heavy atom. The van der Waals surface area contributed by atoms with Gasteiger partial charge >= 0.3 is 5.97 Å². The second kappa shape index (κ2) is 7.07. The average Bonchev–Trinajstić information content (AvgIpc) is 2.35. The quantitative estimate of drug-likeness (QED) is 0.825. The Kier molecular flexibility index (Phi) is 5.39. The van der Waals surface area contributed by atoms with E-state index in [0.29, 0.717) is 12.8 Å². The van der Waals surface area contributed by atoms with Crippen molar-refractivity contribution in [3.8, 4) is 0 Å². The number of rotatable bonds is 6. The predicted molar refractivity (Wildman–Crippen MR) is 83.9 cm³/mol. The molecule has 0 aromatic heterocycles. The summed E-state index contributed by atoms with van der Waals surface area (Å²) in [6.07, 6.45) is 3.03. The Morgan fingerprint density at radius 1 is 1.29 bits per heavy atom. The van der Waals surface area contributed by atoms with E-state index in [1.165, 1.54) is 5.56 Å². The van der Waals surface area contributed by atoms with Gasteiger partial charge in [-0.15, -0.1) is 0 Å². The van der Waals surface area contributed by atoms with E-state index in [1.54, 1.807) is 0 Å². The lowest BCUT2D eigenvalue weighted by Crippen LogP contribution is -2.46. The van der Waals surface area contributed by atoms with Crippen LogP contribution in [0.15, 0.2) is 28.7 Å². The van der Waals surface area contributed by atoms with Crippen LogP contribution in [0.3, 0.4) is 0 Å². The number of amides is 1. The molecule has 114 valence electrons. The predicted octanol–water partition coefficient (Wildman–Crippen LogP) is 3.00. The number of aliphatic carboxylic acids is 1. The topological polar surface area (TPSA) is 66.4 Å². The maximum atomic E-state index is 12.0. The van der Waals surface area contributed by atoms with Crippen LogP contribution in [0.25, 0.3) is 0 Å². The van der Waals surface area contributed by atoms with Crippen molar-refractivity contribution in [3.05, 3.63) is 34.3 Å². The number of halogens is 1. The molecule has 3 atom stereocenters. The summed E-state index contributed by atoms with van der Waals surface area (Å²) in [5.41, 5.74) is 1.23. The van der Waals surface area contributed by atoms with Crippen molar-refractivity contribution < 1.29 is 14.7 Å². The molecular formula is C16H20BrNO3. The zero-order valence-corrected chi connectivity index (χ0v) is 13.6. The number of aryl methyl sites for hydroxylation is 1. The maximum absolute atomic E-state index is 12.0. The molecule has 2 N–H and O–H groups in total. The number of carbonyl (C=O) groups is 2. The molecule has 2 rings (SSSR count). The van der Waals surface area contributed by atoms with Gasteiger partial charge in [0.05, 0.1) is 11.8 Å². The zero-order valence-electron chi connectivity index (χ0n) is 12.0. The summed E-state index contributed by atoms with van der Waals surface area (Å²) in [5, 5.41) is 11.9.